The van der Waals surface area contributed by atoms with Crippen molar-refractivity contribution in [3.05, 3.63) is 143 Å². The van der Waals surface area contributed by atoms with Crippen molar-refractivity contribution in [2.45, 2.75) is 122 Å². The van der Waals surface area contributed by atoms with E-state index in [1.807, 2.05) is 62.3 Å². The summed E-state index contributed by atoms with van der Waals surface area (Å²) >= 11 is 0. The normalized spacial score (nSPS) is 26.6. The van der Waals surface area contributed by atoms with Crippen molar-refractivity contribution >= 4 is 87.9 Å². The average molecular weight is 1290 g/mol. The Labute approximate surface area is 533 Å². The lowest BCUT2D eigenvalue weighted by Gasteiger charge is -2.55. The van der Waals surface area contributed by atoms with Gasteiger partial charge in [0.2, 0.25) is 52.9 Å². The van der Waals surface area contributed by atoms with Crippen molar-refractivity contribution in [3.63, 3.8) is 0 Å². The van der Waals surface area contributed by atoms with Gasteiger partial charge < -0.3 is 42.2 Å². The SMILES string of the molecule is C[C@@H]1CN2c3ccc(C(=O)Cc4ncco4)cc3CC3(C(=O)NC(=O)NC3=O)[C@H]2[C@H](C)O1.C[C@@H]1CN2c3ccc(C(=O)c4ncco4)cc3CC3(C(=O)NC(=O)NC3=O)[C@H]2[C@H](C)O1.C[C@@H]1CN2c3ccc(C(=O)c4ncco4)cc3CC3(C(=O)NC(=O)NC3=O)[C@H]2[C@H](C)O1. The van der Waals surface area contributed by atoms with E-state index < -0.39 is 118 Å². The van der Waals surface area contributed by atoms with Gasteiger partial charge in [0.15, 0.2) is 22.0 Å². The van der Waals surface area contributed by atoms with Gasteiger partial charge in [-0.3, -0.25) is 75.1 Å². The Morgan fingerprint density at radius 2 is 0.745 bits per heavy atom. The molecule has 0 saturated carbocycles. The van der Waals surface area contributed by atoms with Crippen LogP contribution in [-0.4, -0.2) is 160 Å². The Bertz CT molecular complexity index is 3950. The number of aromatic nitrogens is 3. The average Bonchev–Trinajstić information content (AvgIpc) is 0.808. The first-order chi connectivity index (χ1) is 44.9. The number of morpholine rings is 3. The monoisotopic (exact) mass is 1290 g/mol. The summed E-state index contributed by atoms with van der Waals surface area (Å²) in [6, 6.07) is 11.2. The van der Waals surface area contributed by atoms with Gasteiger partial charge in [-0.2, -0.15) is 0 Å². The molecule has 6 aromatic rings. The molecular formula is C64H62N12O18. The van der Waals surface area contributed by atoms with Crippen LogP contribution in [0, 0.1) is 16.2 Å². The molecule has 0 aliphatic carbocycles. The van der Waals surface area contributed by atoms with Crippen molar-refractivity contribution in [2.75, 3.05) is 34.3 Å². The summed E-state index contributed by atoms with van der Waals surface area (Å²) in [6.45, 7) is 12.6. The maximum atomic E-state index is 13.2. The second kappa shape index (κ2) is 23.5. The third-order valence-corrected chi connectivity index (χ3v) is 18.8. The first-order valence-corrected chi connectivity index (χ1v) is 30.4. The molecule has 6 fully saturated rings. The molecule has 12 amide bonds. The highest BCUT2D eigenvalue weighted by molar-refractivity contribution is 6.23. The zero-order valence-corrected chi connectivity index (χ0v) is 51.3. The fraction of sp³-hybridized carbons (Fsp3) is 0.391. The summed E-state index contributed by atoms with van der Waals surface area (Å²) in [4.78, 5) is 170. The third kappa shape index (κ3) is 10.3. The molecule has 6 saturated heterocycles. The van der Waals surface area contributed by atoms with Crippen LogP contribution in [0.2, 0.25) is 0 Å². The first-order valence-electron chi connectivity index (χ1n) is 30.4. The van der Waals surface area contributed by atoms with Crippen LogP contribution in [0.25, 0.3) is 0 Å². The van der Waals surface area contributed by atoms with E-state index in [1.54, 1.807) is 48.5 Å². The van der Waals surface area contributed by atoms with Crippen LogP contribution in [0.15, 0.2) is 105 Å². The number of imide groups is 6. The third-order valence-electron chi connectivity index (χ3n) is 18.8. The number of amides is 12. The fourth-order valence-corrected chi connectivity index (χ4v) is 15.3. The molecule has 9 atom stereocenters. The lowest BCUT2D eigenvalue weighted by molar-refractivity contribution is -0.154. The van der Waals surface area contributed by atoms with Crippen molar-refractivity contribution < 1.29 is 85.0 Å². The highest BCUT2D eigenvalue weighted by Gasteiger charge is 2.66. The second-order valence-corrected chi connectivity index (χ2v) is 24.8. The maximum Gasteiger partial charge on any atom is 0.328 e. The lowest BCUT2D eigenvalue weighted by Crippen LogP contribution is -2.75. The number of rotatable bonds is 7. The van der Waals surface area contributed by atoms with Crippen LogP contribution >= 0.6 is 0 Å². The summed E-state index contributed by atoms with van der Waals surface area (Å²) in [5, 5.41) is 13.5. The largest absolute Gasteiger partial charge is 0.449 e. The van der Waals surface area contributed by atoms with Gasteiger partial charge in [0.25, 0.3) is 11.8 Å². The van der Waals surface area contributed by atoms with E-state index in [1.165, 1.54) is 37.4 Å². The van der Waals surface area contributed by atoms with E-state index >= 15 is 0 Å². The highest BCUT2D eigenvalue weighted by atomic mass is 16.5. The minimum absolute atomic E-state index is 0.000646. The molecule has 3 aromatic heterocycles. The summed E-state index contributed by atoms with van der Waals surface area (Å²) in [5.41, 5.74) is 0.822. The van der Waals surface area contributed by atoms with E-state index in [9.17, 15) is 57.5 Å². The zero-order chi connectivity index (χ0) is 66.4. The molecule has 0 unspecified atom stereocenters. The van der Waals surface area contributed by atoms with Gasteiger partial charge >= 0.3 is 18.1 Å². The van der Waals surface area contributed by atoms with Gasteiger partial charge in [0.1, 0.15) is 18.8 Å². The molecule has 486 valence electrons. The minimum Gasteiger partial charge on any atom is -0.449 e. The van der Waals surface area contributed by atoms with Crippen molar-refractivity contribution in [3.8, 4) is 0 Å². The molecule has 0 bridgehead atoms. The number of Topliss-reactive ketones (excluding diaryl/α,β-unsaturated/α-hetero) is 1. The predicted molar refractivity (Wildman–Crippen MR) is 321 cm³/mol. The summed E-state index contributed by atoms with van der Waals surface area (Å²) in [6.07, 6.45) is 6.60. The molecule has 3 spiro atoms. The number of ketones is 3. The molecule has 3 aromatic carbocycles. The number of hydrogen-bond acceptors (Lipinski definition) is 24. The molecule has 9 aliphatic rings. The number of anilines is 3. The number of benzene rings is 3. The fourth-order valence-electron chi connectivity index (χ4n) is 15.3. The predicted octanol–water partition coefficient (Wildman–Crippen LogP) is 2.58. The van der Waals surface area contributed by atoms with Crippen LogP contribution < -0.4 is 46.6 Å². The van der Waals surface area contributed by atoms with E-state index in [2.05, 4.69) is 46.9 Å². The Kier molecular flexibility index (Phi) is 15.6. The van der Waals surface area contributed by atoms with Gasteiger partial charge in [0.05, 0.1) is 79.8 Å². The van der Waals surface area contributed by atoms with Gasteiger partial charge in [-0.1, -0.05) is 0 Å². The Balaban J connectivity index is 0.000000128. The van der Waals surface area contributed by atoms with E-state index in [0.717, 1.165) is 17.1 Å². The molecule has 12 heterocycles. The number of barbiturate groups is 3. The number of fused-ring (bicyclic) bond motifs is 12. The lowest BCUT2D eigenvalue weighted by atomic mass is 9.66. The smallest absolute Gasteiger partial charge is 0.328 e. The summed E-state index contributed by atoms with van der Waals surface area (Å²) < 4.78 is 33.3. The van der Waals surface area contributed by atoms with Crippen molar-refractivity contribution in [2.24, 2.45) is 16.2 Å². The summed E-state index contributed by atoms with van der Waals surface area (Å²) in [7, 11) is 0. The Hall–Kier alpha value is -10.6. The molecule has 94 heavy (non-hydrogen) atoms. The van der Waals surface area contributed by atoms with Crippen LogP contribution in [0.5, 0.6) is 0 Å². The van der Waals surface area contributed by atoms with Crippen LogP contribution in [-0.2, 0) is 68.7 Å². The van der Waals surface area contributed by atoms with E-state index in [0.29, 0.717) is 58.9 Å². The Morgan fingerprint density at radius 3 is 1.05 bits per heavy atom. The topological polar surface area (TPSA) is 393 Å². The number of nitrogens with zero attached hydrogens (tertiary/aromatic N) is 6. The molecule has 0 radical (unpaired) electrons. The second-order valence-electron chi connectivity index (χ2n) is 24.8. The molecule has 9 aliphatic heterocycles. The standard InChI is InChI=1S/C22H22N4O6.2C21H20N4O6/c1-11-10-26-15-4-3-13(16(27)8-17-23-5-6-31-17)7-14(15)9-22(18(26)12(2)32-11)19(28)24-21(30)25-20(22)29;2*1-10-9-25-14-4-3-12(15(26)17-22-5-6-30-17)7-13(14)8-21(16(25)11(2)31-10)18(27)23-20(29)24-19(21)28/h3-7,11-12,18H,8-10H2,1-2H3,(H2,24,25,28,29,30);2*3-7,10-11,16H,8-9H2,1-2H3,(H2,23,24,27,28,29)/t11-,12+,18-;2*10-,11+,16-/m111/s1. The number of hydrogen-bond donors (Lipinski definition) is 6. The van der Waals surface area contributed by atoms with Gasteiger partial charge in [0, 0.05) is 53.4 Å². The molecule has 6 N–H and O–H groups in total. The number of carbonyl (C=O) groups is 12. The van der Waals surface area contributed by atoms with Crippen LogP contribution in [0.3, 0.4) is 0 Å². The molecule has 30 nitrogen and oxygen atoms in total. The first kappa shape index (κ1) is 62.2. The molecular weight excluding hydrogens is 1220 g/mol. The quantitative estimate of drug-likeness (QED) is 0.0988. The number of urea groups is 3. The Morgan fingerprint density at radius 1 is 0.436 bits per heavy atom. The molecule has 30 heteroatoms. The van der Waals surface area contributed by atoms with Gasteiger partial charge in [-0.05, 0) is 132 Å². The van der Waals surface area contributed by atoms with Crippen molar-refractivity contribution in [1.29, 1.82) is 0 Å². The number of ether oxygens (including phenoxy) is 3. The number of oxazole rings is 3. The van der Waals surface area contributed by atoms with Crippen LogP contribution in [0.4, 0.5) is 31.4 Å². The van der Waals surface area contributed by atoms with Gasteiger partial charge in [-0.25, -0.2) is 29.3 Å². The van der Waals surface area contributed by atoms with Crippen molar-refractivity contribution in [1.82, 2.24) is 46.9 Å². The zero-order valence-electron chi connectivity index (χ0n) is 51.3. The van der Waals surface area contributed by atoms with E-state index in [-0.39, 0.29) is 61.6 Å². The van der Waals surface area contributed by atoms with Gasteiger partial charge in [-0.15, -0.1) is 0 Å². The maximum absolute atomic E-state index is 13.2. The number of carbonyl (C=O) groups excluding carboxylic acids is 12. The van der Waals surface area contributed by atoms with Crippen LogP contribution in [0.1, 0.15) is 107 Å². The summed E-state index contributed by atoms with van der Waals surface area (Å²) in [5.74, 6) is -4.78. The molecule has 15 rings (SSSR count). The van der Waals surface area contributed by atoms with E-state index in [4.69, 9.17) is 27.5 Å². The minimum atomic E-state index is -1.58. The highest BCUT2D eigenvalue weighted by Crippen LogP contribution is 2.50. The number of nitrogens with one attached hydrogen (secondary N) is 6.